The zero-order valence-electron chi connectivity index (χ0n) is 11.9. The molecule has 1 aromatic rings. The van der Waals surface area contributed by atoms with E-state index in [9.17, 15) is 20.0 Å². The number of carboxylic acid groups (broad SMARTS) is 1. The Hall–Kier alpha value is -2.11. The minimum atomic E-state index is -0.839. The molecule has 0 amide bonds. The van der Waals surface area contributed by atoms with Crippen LogP contribution in [0, 0.1) is 21.4 Å². The highest BCUT2D eigenvalue weighted by atomic mass is 16.6. The van der Waals surface area contributed by atoms with Crippen molar-refractivity contribution in [1.82, 2.24) is 0 Å². The van der Waals surface area contributed by atoms with Crippen molar-refractivity contribution in [3.8, 4) is 0 Å². The molecule has 110 valence electrons. The average molecular weight is 280 g/mol. The van der Waals surface area contributed by atoms with E-state index in [4.69, 9.17) is 0 Å². The summed E-state index contributed by atoms with van der Waals surface area (Å²) in [6.45, 7) is 6.28. The number of carbonyl (C=O) groups is 1. The molecule has 6 nitrogen and oxygen atoms in total. The molecule has 0 fully saturated rings. The Bertz CT molecular complexity index is 477. The summed E-state index contributed by atoms with van der Waals surface area (Å²) in [5, 5.41) is 22.7. The maximum absolute atomic E-state index is 11.2. The predicted molar refractivity (Wildman–Crippen MR) is 76.8 cm³/mol. The maximum atomic E-state index is 11.2. The summed E-state index contributed by atoms with van der Waals surface area (Å²) in [5.41, 5.74) is 0.621. The van der Waals surface area contributed by atoms with E-state index in [0.717, 1.165) is 0 Å². The lowest BCUT2D eigenvalue weighted by molar-refractivity contribution is -0.384. The number of nitrogens with one attached hydrogen (secondary N) is 1. The Morgan fingerprint density at radius 1 is 1.35 bits per heavy atom. The number of nitro groups is 1. The molecule has 1 rings (SSSR count). The maximum Gasteiger partial charge on any atom is 0.308 e. The third kappa shape index (κ3) is 5.26. The summed E-state index contributed by atoms with van der Waals surface area (Å²) >= 11 is 0. The Balaban J connectivity index is 2.63. The van der Waals surface area contributed by atoms with Gasteiger partial charge in [-0.3, -0.25) is 14.9 Å². The standard InChI is InChI=1S/C14H20N2O4/c1-14(2,3)8-10(13(17)18)9-15-11-4-6-12(7-5-11)16(19)20/h4-7,10,15H,8-9H2,1-3H3,(H,17,18). The van der Waals surface area contributed by atoms with E-state index in [1.165, 1.54) is 12.1 Å². The number of nitro benzene ring substituents is 1. The largest absolute Gasteiger partial charge is 0.481 e. The normalized spacial score (nSPS) is 12.8. The zero-order valence-corrected chi connectivity index (χ0v) is 11.9. The Labute approximate surface area is 118 Å². The fourth-order valence-electron chi connectivity index (χ4n) is 1.93. The second kappa shape index (κ2) is 6.36. The number of rotatable bonds is 6. The van der Waals surface area contributed by atoms with Gasteiger partial charge in [-0.2, -0.15) is 0 Å². The van der Waals surface area contributed by atoms with E-state index in [-0.39, 0.29) is 11.1 Å². The lowest BCUT2D eigenvalue weighted by Gasteiger charge is -2.23. The molecule has 0 aliphatic heterocycles. The van der Waals surface area contributed by atoms with Crippen LogP contribution in [0.2, 0.25) is 0 Å². The topological polar surface area (TPSA) is 92.5 Å². The van der Waals surface area contributed by atoms with Crippen molar-refractivity contribution in [1.29, 1.82) is 0 Å². The third-order valence-corrected chi connectivity index (χ3v) is 2.84. The molecular weight excluding hydrogens is 260 g/mol. The third-order valence-electron chi connectivity index (χ3n) is 2.84. The number of hydrogen-bond acceptors (Lipinski definition) is 4. The summed E-state index contributed by atoms with van der Waals surface area (Å²) in [6, 6.07) is 5.94. The van der Waals surface area contributed by atoms with Crippen LogP contribution in [0.4, 0.5) is 11.4 Å². The quantitative estimate of drug-likeness (QED) is 0.617. The average Bonchev–Trinajstić information content (AvgIpc) is 2.33. The van der Waals surface area contributed by atoms with Crippen molar-refractivity contribution in [2.75, 3.05) is 11.9 Å². The van der Waals surface area contributed by atoms with Gasteiger partial charge in [0, 0.05) is 24.4 Å². The van der Waals surface area contributed by atoms with Crippen LogP contribution in [0.25, 0.3) is 0 Å². The molecule has 20 heavy (non-hydrogen) atoms. The lowest BCUT2D eigenvalue weighted by atomic mass is 9.84. The molecule has 0 spiro atoms. The lowest BCUT2D eigenvalue weighted by Crippen LogP contribution is -2.27. The van der Waals surface area contributed by atoms with Crippen LogP contribution in [0.15, 0.2) is 24.3 Å². The van der Waals surface area contributed by atoms with Gasteiger partial charge in [-0.15, -0.1) is 0 Å². The highest BCUT2D eigenvalue weighted by Gasteiger charge is 2.24. The molecule has 0 aliphatic rings. The number of benzene rings is 1. The van der Waals surface area contributed by atoms with Gasteiger partial charge < -0.3 is 10.4 Å². The first-order chi connectivity index (χ1) is 9.19. The predicted octanol–water partition coefficient (Wildman–Crippen LogP) is 3.14. The Morgan fingerprint density at radius 3 is 2.30 bits per heavy atom. The van der Waals surface area contributed by atoms with Crippen molar-refractivity contribution in [3.63, 3.8) is 0 Å². The van der Waals surface area contributed by atoms with Gasteiger partial charge in [-0.1, -0.05) is 20.8 Å². The SMILES string of the molecule is CC(C)(C)CC(CNc1ccc([N+](=O)[O-])cc1)C(=O)O. The summed E-state index contributed by atoms with van der Waals surface area (Å²) in [5.74, 6) is -1.33. The van der Waals surface area contributed by atoms with Gasteiger partial charge in [-0.05, 0) is 24.0 Å². The number of carboxylic acids is 1. The molecule has 1 unspecified atom stereocenters. The first kappa shape index (κ1) is 15.9. The molecule has 0 aliphatic carbocycles. The monoisotopic (exact) mass is 280 g/mol. The van der Waals surface area contributed by atoms with Gasteiger partial charge in [-0.25, -0.2) is 0 Å². The van der Waals surface area contributed by atoms with Crippen molar-refractivity contribution >= 4 is 17.3 Å². The number of nitrogens with zero attached hydrogens (tertiary/aromatic N) is 1. The number of non-ortho nitro benzene ring substituents is 1. The molecule has 0 bridgehead atoms. The summed E-state index contributed by atoms with van der Waals surface area (Å²) < 4.78 is 0. The Morgan fingerprint density at radius 2 is 1.90 bits per heavy atom. The second-order valence-electron chi connectivity index (χ2n) is 5.98. The molecule has 1 atom stereocenters. The summed E-state index contributed by atoms with van der Waals surface area (Å²) in [6.07, 6.45) is 0.558. The van der Waals surface area contributed by atoms with Crippen LogP contribution in [-0.4, -0.2) is 22.5 Å². The molecule has 0 saturated carbocycles. The number of aliphatic carboxylic acids is 1. The molecule has 0 heterocycles. The first-order valence-electron chi connectivity index (χ1n) is 6.40. The molecule has 0 radical (unpaired) electrons. The zero-order chi connectivity index (χ0) is 15.3. The van der Waals surface area contributed by atoms with Crippen LogP contribution in [0.3, 0.4) is 0 Å². The summed E-state index contributed by atoms with van der Waals surface area (Å²) in [7, 11) is 0. The van der Waals surface area contributed by atoms with E-state index in [2.05, 4.69) is 5.32 Å². The van der Waals surface area contributed by atoms with Gasteiger partial charge in [0.25, 0.3) is 5.69 Å². The van der Waals surface area contributed by atoms with Gasteiger partial charge in [0.1, 0.15) is 0 Å². The van der Waals surface area contributed by atoms with Crippen LogP contribution < -0.4 is 5.32 Å². The van der Waals surface area contributed by atoms with E-state index >= 15 is 0 Å². The van der Waals surface area contributed by atoms with Gasteiger partial charge >= 0.3 is 5.97 Å². The van der Waals surface area contributed by atoms with E-state index < -0.39 is 16.8 Å². The van der Waals surface area contributed by atoms with Crippen molar-refractivity contribution in [3.05, 3.63) is 34.4 Å². The molecular formula is C14H20N2O4. The van der Waals surface area contributed by atoms with Gasteiger partial charge in [0.05, 0.1) is 10.8 Å². The minimum Gasteiger partial charge on any atom is -0.481 e. The van der Waals surface area contributed by atoms with E-state index in [1.807, 2.05) is 20.8 Å². The highest BCUT2D eigenvalue weighted by Crippen LogP contribution is 2.25. The van der Waals surface area contributed by atoms with Crippen LogP contribution in [0.5, 0.6) is 0 Å². The molecule has 0 saturated heterocycles. The highest BCUT2D eigenvalue weighted by molar-refractivity contribution is 5.71. The molecule has 0 aromatic heterocycles. The first-order valence-corrected chi connectivity index (χ1v) is 6.40. The van der Waals surface area contributed by atoms with E-state index in [0.29, 0.717) is 18.7 Å². The fraction of sp³-hybridized carbons (Fsp3) is 0.500. The van der Waals surface area contributed by atoms with Crippen LogP contribution in [-0.2, 0) is 4.79 Å². The molecule has 1 aromatic carbocycles. The summed E-state index contributed by atoms with van der Waals surface area (Å²) in [4.78, 5) is 21.3. The van der Waals surface area contributed by atoms with Gasteiger partial charge in [0.2, 0.25) is 0 Å². The fourth-order valence-corrected chi connectivity index (χ4v) is 1.93. The number of hydrogen-bond donors (Lipinski definition) is 2. The second-order valence-corrected chi connectivity index (χ2v) is 5.98. The molecule has 6 heteroatoms. The van der Waals surface area contributed by atoms with Crippen molar-refractivity contribution < 1.29 is 14.8 Å². The van der Waals surface area contributed by atoms with Gasteiger partial charge in [0.15, 0.2) is 0 Å². The van der Waals surface area contributed by atoms with Crippen LogP contribution >= 0.6 is 0 Å². The van der Waals surface area contributed by atoms with Crippen molar-refractivity contribution in [2.45, 2.75) is 27.2 Å². The van der Waals surface area contributed by atoms with Crippen molar-refractivity contribution in [2.24, 2.45) is 11.3 Å². The Kier molecular flexibility index (Phi) is 5.07. The van der Waals surface area contributed by atoms with E-state index in [1.54, 1.807) is 12.1 Å². The smallest absolute Gasteiger partial charge is 0.308 e. The van der Waals surface area contributed by atoms with Crippen LogP contribution in [0.1, 0.15) is 27.2 Å². The number of anilines is 1. The minimum absolute atomic E-state index is 0.0139. The molecule has 2 N–H and O–H groups in total.